The molecule has 0 rings (SSSR count). The molecule has 0 amide bonds. The molecule has 0 aliphatic heterocycles. The van der Waals surface area contributed by atoms with Crippen molar-refractivity contribution in [3.8, 4) is 0 Å². The summed E-state index contributed by atoms with van der Waals surface area (Å²) in [7, 11) is 0. The minimum Gasteiger partial charge on any atom is -2.00 e. The van der Waals surface area contributed by atoms with E-state index in [-0.39, 0.29) is 16.4 Å². The SMILES string of the molecule is CCCCC(CC)[CH2][Sn+3].CCCCC(CC)[CH2][Sn+3].[O-2].[O-2].[O-2]. The summed E-state index contributed by atoms with van der Waals surface area (Å²) in [6.07, 6.45) is 11.3. The van der Waals surface area contributed by atoms with Crippen molar-refractivity contribution in [1.29, 1.82) is 0 Å². The van der Waals surface area contributed by atoms with E-state index in [0.29, 0.717) is 0 Å². The van der Waals surface area contributed by atoms with Crippen LogP contribution in [0.2, 0.25) is 8.87 Å². The van der Waals surface area contributed by atoms with Crippen LogP contribution < -0.4 is 0 Å². The number of hydrogen-bond acceptors (Lipinski definition) is 0. The maximum Gasteiger partial charge on any atom is -2.00 e. The minimum atomic E-state index is 0. The van der Waals surface area contributed by atoms with Crippen molar-refractivity contribution < 1.29 is 16.4 Å². The Kier molecular flexibility index (Phi) is 47.7. The second kappa shape index (κ2) is 29.5. The molecule has 0 saturated carbocycles. The third-order valence-electron chi connectivity index (χ3n) is 3.66. The second-order valence-corrected chi connectivity index (χ2v) is 7.57. The molecule has 21 heavy (non-hydrogen) atoms. The largest absolute Gasteiger partial charge is 2.00 e. The zero-order chi connectivity index (χ0) is 14.2. The molecule has 0 spiro atoms. The van der Waals surface area contributed by atoms with Gasteiger partial charge in [0.1, 0.15) is 0 Å². The third kappa shape index (κ3) is 26.7. The van der Waals surface area contributed by atoms with Crippen molar-refractivity contribution in [1.82, 2.24) is 0 Å². The van der Waals surface area contributed by atoms with Gasteiger partial charge < -0.3 is 16.4 Å². The molecule has 0 N–H and O–H groups in total. The van der Waals surface area contributed by atoms with Crippen LogP contribution in [-0.2, 0) is 16.4 Å². The van der Waals surface area contributed by atoms with Gasteiger partial charge in [0.2, 0.25) is 0 Å². The minimum absolute atomic E-state index is 0. The molecule has 0 aromatic heterocycles. The van der Waals surface area contributed by atoms with E-state index < -0.39 is 0 Å². The molecule has 0 fully saturated rings. The summed E-state index contributed by atoms with van der Waals surface area (Å²) in [5.74, 6) is 2.09. The fourth-order valence-electron chi connectivity index (χ4n) is 1.89. The van der Waals surface area contributed by atoms with Crippen LogP contribution in [0, 0.1) is 11.8 Å². The molecule has 0 aliphatic rings. The van der Waals surface area contributed by atoms with Crippen LogP contribution in [0.15, 0.2) is 0 Å². The Morgan fingerprint density at radius 3 is 1.05 bits per heavy atom. The summed E-state index contributed by atoms with van der Waals surface area (Å²) >= 11 is 3.43. The zero-order valence-corrected chi connectivity index (χ0v) is 20.2. The van der Waals surface area contributed by atoms with Crippen LogP contribution in [0.5, 0.6) is 0 Å². The molecule has 0 bridgehead atoms. The first-order chi connectivity index (χ1) is 8.69. The molecular formula is C16H34O3Sn2. The summed E-state index contributed by atoms with van der Waals surface area (Å²) in [5, 5.41) is 0. The van der Waals surface area contributed by atoms with Crippen LogP contribution >= 0.6 is 0 Å². The Morgan fingerprint density at radius 2 is 0.905 bits per heavy atom. The van der Waals surface area contributed by atoms with Gasteiger partial charge in [0.05, 0.1) is 0 Å². The molecule has 3 nitrogen and oxygen atoms in total. The molecule has 2 unspecified atom stereocenters. The zero-order valence-electron chi connectivity index (χ0n) is 14.5. The first kappa shape index (κ1) is 33.9. The number of hydrogen-bond donors (Lipinski definition) is 0. The molecule has 2 atom stereocenters. The fraction of sp³-hybridized carbons (Fsp3) is 1.00. The monoisotopic (exact) mass is 514 g/mol. The van der Waals surface area contributed by atoms with E-state index in [1.54, 1.807) is 45.0 Å². The van der Waals surface area contributed by atoms with E-state index in [4.69, 9.17) is 0 Å². The van der Waals surface area contributed by atoms with Gasteiger partial charge in [0, 0.05) is 0 Å². The summed E-state index contributed by atoms with van der Waals surface area (Å²) in [6.45, 7) is 9.17. The fourth-order valence-corrected chi connectivity index (χ4v) is 4.70. The third-order valence-corrected chi connectivity index (χ3v) is 6.96. The maximum atomic E-state index is 2.31. The molecule has 0 aromatic carbocycles. The van der Waals surface area contributed by atoms with Crippen LogP contribution in [0.3, 0.4) is 0 Å². The van der Waals surface area contributed by atoms with Gasteiger partial charge in [-0.15, -0.1) is 0 Å². The van der Waals surface area contributed by atoms with Gasteiger partial charge in [-0.05, 0) is 0 Å². The quantitative estimate of drug-likeness (QED) is 0.360. The van der Waals surface area contributed by atoms with Crippen LogP contribution in [0.1, 0.15) is 79.1 Å². The Balaban J connectivity index is -0.0000000711. The summed E-state index contributed by atoms with van der Waals surface area (Å²) in [4.78, 5) is 0. The van der Waals surface area contributed by atoms with Crippen LogP contribution in [0.4, 0.5) is 0 Å². The molecule has 124 valence electrons. The Bertz CT molecular complexity index is 125. The van der Waals surface area contributed by atoms with Gasteiger partial charge in [0.15, 0.2) is 0 Å². The Morgan fingerprint density at radius 1 is 0.619 bits per heavy atom. The van der Waals surface area contributed by atoms with Crippen molar-refractivity contribution in [2.24, 2.45) is 11.8 Å². The van der Waals surface area contributed by atoms with E-state index in [9.17, 15) is 0 Å². The maximum absolute atomic E-state index is 2.31. The molecule has 0 aromatic rings. The van der Waals surface area contributed by atoms with Gasteiger partial charge in [-0.1, -0.05) is 0 Å². The van der Waals surface area contributed by atoms with E-state index in [0.717, 1.165) is 11.8 Å². The first-order valence-electron chi connectivity index (χ1n) is 7.99. The summed E-state index contributed by atoms with van der Waals surface area (Å²) < 4.78 is 2.92. The van der Waals surface area contributed by atoms with E-state index in [1.165, 1.54) is 60.2 Å². The van der Waals surface area contributed by atoms with Crippen molar-refractivity contribution in [3.05, 3.63) is 0 Å². The predicted octanol–water partition coefficient (Wildman–Crippen LogP) is 5.22. The standard InChI is InChI=1S/2C8H17.3O.2Sn/c2*1-4-6-7-8(3)5-2;;;;;/h2*8H,3-7H2,1-2H3;;;;;/q;;3*-2;2*+3. The number of unbranched alkanes of at least 4 members (excludes halogenated alkanes) is 2. The van der Waals surface area contributed by atoms with Crippen LogP contribution in [0.25, 0.3) is 0 Å². The molecule has 0 radical (unpaired) electrons. The van der Waals surface area contributed by atoms with Crippen LogP contribution in [-0.4, -0.2) is 45.0 Å². The molecule has 0 saturated heterocycles. The molecule has 0 heterocycles. The van der Waals surface area contributed by atoms with Crippen molar-refractivity contribution in [3.63, 3.8) is 0 Å². The van der Waals surface area contributed by atoms with Crippen molar-refractivity contribution >= 4 is 45.0 Å². The van der Waals surface area contributed by atoms with Gasteiger partial charge in [-0.2, -0.15) is 0 Å². The summed E-state index contributed by atoms with van der Waals surface area (Å²) in [6, 6.07) is 0. The second-order valence-electron chi connectivity index (χ2n) is 5.24. The molecular weight excluding hydrogens is 478 g/mol. The van der Waals surface area contributed by atoms with Crippen molar-refractivity contribution in [2.45, 2.75) is 87.9 Å². The van der Waals surface area contributed by atoms with Gasteiger partial charge in [-0.3, -0.25) is 0 Å². The predicted molar refractivity (Wildman–Crippen MR) is 89.8 cm³/mol. The average molecular weight is 512 g/mol. The number of rotatable bonds is 10. The van der Waals surface area contributed by atoms with Gasteiger partial charge in [0.25, 0.3) is 0 Å². The van der Waals surface area contributed by atoms with E-state index >= 15 is 0 Å². The molecule has 0 aliphatic carbocycles. The average Bonchev–Trinajstić information content (AvgIpc) is 2.42. The molecule has 5 heteroatoms. The summed E-state index contributed by atoms with van der Waals surface area (Å²) in [5.41, 5.74) is 0. The van der Waals surface area contributed by atoms with E-state index in [1.807, 2.05) is 0 Å². The topological polar surface area (TPSA) is 85.5 Å². The normalized spacial score (nSPS) is 11.8. The van der Waals surface area contributed by atoms with Crippen molar-refractivity contribution in [2.75, 3.05) is 0 Å². The van der Waals surface area contributed by atoms with E-state index in [2.05, 4.69) is 27.7 Å². The Hall–Kier alpha value is 1.48. The first-order valence-corrected chi connectivity index (χ1v) is 12.0. The smallest absolute Gasteiger partial charge is 2.00 e. The Labute approximate surface area is 160 Å². The van der Waals surface area contributed by atoms with Gasteiger partial charge in [-0.25, -0.2) is 0 Å². The van der Waals surface area contributed by atoms with Gasteiger partial charge >= 0.3 is 145 Å².